The van der Waals surface area contributed by atoms with Crippen LogP contribution in [0.4, 0.5) is 4.39 Å². The van der Waals surface area contributed by atoms with Gasteiger partial charge in [-0.1, -0.05) is 42.6 Å². The number of carbonyl (C=O) groups is 1. The summed E-state index contributed by atoms with van der Waals surface area (Å²) >= 11 is 0. The Hall–Kier alpha value is -1.94. The Bertz CT molecular complexity index is 734. The van der Waals surface area contributed by atoms with Gasteiger partial charge in [-0.05, 0) is 61.4 Å². The van der Waals surface area contributed by atoms with Crippen LogP contribution in [0.2, 0.25) is 6.04 Å². The van der Waals surface area contributed by atoms with Gasteiger partial charge in [-0.15, -0.1) is 0 Å². The maximum absolute atomic E-state index is 14.5. The molecule has 1 saturated carbocycles. The van der Waals surface area contributed by atoms with Gasteiger partial charge in [-0.2, -0.15) is 0 Å². The Morgan fingerprint density at radius 3 is 2.40 bits per heavy atom. The van der Waals surface area contributed by atoms with Crippen LogP contribution in [0.1, 0.15) is 53.1 Å². The smallest absolute Gasteiger partial charge is 0.346 e. The molecule has 2 nitrogen and oxygen atoms in total. The molecule has 0 atom stereocenters. The SMILES string of the molecule is Cc1ccc(OC(=O)c2ccc(C3CCC(C[Si])CC3)cc2F)cc1. The lowest BCUT2D eigenvalue weighted by atomic mass is 9.79. The van der Waals surface area contributed by atoms with Crippen molar-refractivity contribution >= 4 is 16.2 Å². The highest BCUT2D eigenvalue weighted by molar-refractivity contribution is 6.08. The van der Waals surface area contributed by atoms with Crippen LogP contribution in [0.15, 0.2) is 42.5 Å². The molecular formula is C21H22FO2Si. The zero-order valence-electron chi connectivity index (χ0n) is 14.4. The van der Waals surface area contributed by atoms with E-state index in [0.717, 1.165) is 48.8 Å². The molecule has 0 unspecified atom stereocenters. The van der Waals surface area contributed by atoms with E-state index >= 15 is 0 Å². The quantitative estimate of drug-likeness (QED) is 0.428. The number of hydrogen-bond acceptors (Lipinski definition) is 2. The average Bonchev–Trinajstić information content (AvgIpc) is 2.63. The second-order valence-corrected chi connectivity index (χ2v) is 7.27. The van der Waals surface area contributed by atoms with Gasteiger partial charge in [-0.3, -0.25) is 0 Å². The van der Waals surface area contributed by atoms with E-state index < -0.39 is 11.8 Å². The molecular weight excluding hydrogens is 331 g/mol. The number of esters is 1. The van der Waals surface area contributed by atoms with Crippen molar-refractivity contribution in [1.82, 2.24) is 0 Å². The molecule has 0 bridgehead atoms. The first-order valence-corrected chi connectivity index (χ1v) is 9.50. The number of rotatable bonds is 4. The monoisotopic (exact) mass is 353 g/mol. The van der Waals surface area contributed by atoms with E-state index in [0.29, 0.717) is 11.7 Å². The van der Waals surface area contributed by atoms with E-state index in [-0.39, 0.29) is 5.56 Å². The lowest BCUT2D eigenvalue weighted by molar-refractivity contribution is 0.0730. The van der Waals surface area contributed by atoms with Crippen LogP contribution >= 0.6 is 0 Å². The Labute approximate surface area is 151 Å². The molecule has 0 aliphatic heterocycles. The van der Waals surface area contributed by atoms with Gasteiger partial charge < -0.3 is 4.74 Å². The first-order chi connectivity index (χ1) is 12.1. The Morgan fingerprint density at radius 1 is 1.12 bits per heavy atom. The van der Waals surface area contributed by atoms with Gasteiger partial charge in [0.15, 0.2) is 0 Å². The van der Waals surface area contributed by atoms with E-state index in [2.05, 4.69) is 10.2 Å². The van der Waals surface area contributed by atoms with Crippen molar-refractivity contribution in [2.45, 2.75) is 44.6 Å². The van der Waals surface area contributed by atoms with Gasteiger partial charge in [0.25, 0.3) is 0 Å². The Morgan fingerprint density at radius 2 is 1.80 bits per heavy atom. The molecule has 129 valence electrons. The van der Waals surface area contributed by atoms with Crippen LogP contribution in [0.3, 0.4) is 0 Å². The van der Waals surface area contributed by atoms with E-state index in [4.69, 9.17) is 4.74 Å². The van der Waals surface area contributed by atoms with Crippen LogP contribution in [0.5, 0.6) is 5.75 Å². The summed E-state index contributed by atoms with van der Waals surface area (Å²) in [7, 11) is 3.59. The maximum Gasteiger partial charge on any atom is 0.346 e. The maximum atomic E-state index is 14.5. The van der Waals surface area contributed by atoms with Gasteiger partial charge in [0, 0.05) is 10.2 Å². The van der Waals surface area contributed by atoms with Crippen LogP contribution < -0.4 is 4.74 Å². The number of aryl methyl sites for hydroxylation is 1. The second-order valence-electron chi connectivity index (χ2n) is 6.86. The van der Waals surface area contributed by atoms with E-state index in [1.54, 1.807) is 18.2 Å². The molecule has 0 heterocycles. The fraction of sp³-hybridized carbons (Fsp3) is 0.381. The highest BCUT2D eigenvalue weighted by Gasteiger charge is 2.23. The highest BCUT2D eigenvalue weighted by Crippen LogP contribution is 2.37. The first kappa shape index (κ1) is 17.9. The van der Waals surface area contributed by atoms with Crippen molar-refractivity contribution < 1.29 is 13.9 Å². The number of ether oxygens (including phenoxy) is 1. The Balaban J connectivity index is 1.69. The molecule has 0 amide bonds. The summed E-state index contributed by atoms with van der Waals surface area (Å²) in [6.45, 7) is 1.95. The fourth-order valence-electron chi connectivity index (χ4n) is 3.42. The van der Waals surface area contributed by atoms with Crippen molar-refractivity contribution in [3.63, 3.8) is 0 Å². The largest absolute Gasteiger partial charge is 0.423 e. The minimum absolute atomic E-state index is 0.0156. The molecule has 1 aliphatic carbocycles. The molecule has 4 heteroatoms. The predicted molar refractivity (Wildman–Crippen MR) is 97.8 cm³/mol. The van der Waals surface area contributed by atoms with Crippen LogP contribution in [-0.4, -0.2) is 16.2 Å². The van der Waals surface area contributed by atoms with Crippen molar-refractivity contribution in [1.29, 1.82) is 0 Å². The summed E-state index contributed by atoms with van der Waals surface area (Å²) in [5.74, 6) is 0.368. The molecule has 25 heavy (non-hydrogen) atoms. The molecule has 3 rings (SSSR count). The van der Waals surface area contributed by atoms with E-state index in [9.17, 15) is 9.18 Å². The lowest BCUT2D eigenvalue weighted by Gasteiger charge is -2.28. The predicted octanol–water partition coefficient (Wildman–Crippen LogP) is 5.21. The summed E-state index contributed by atoms with van der Waals surface area (Å²) < 4.78 is 19.7. The normalized spacial score (nSPS) is 20.3. The number of carbonyl (C=O) groups excluding carboxylic acids is 1. The molecule has 0 saturated heterocycles. The van der Waals surface area contributed by atoms with Gasteiger partial charge in [0.05, 0.1) is 5.56 Å². The third-order valence-corrected chi connectivity index (χ3v) is 5.63. The number of benzene rings is 2. The van der Waals surface area contributed by atoms with Crippen LogP contribution in [-0.2, 0) is 0 Å². The summed E-state index contributed by atoms with van der Waals surface area (Å²) in [5, 5.41) is 0. The lowest BCUT2D eigenvalue weighted by Crippen LogP contribution is -2.14. The van der Waals surface area contributed by atoms with E-state index in [1.165, 1.54) is 6.07 Å². The molecule has 3 radical (unpaired) electrons. The van der Waals surface area contributed by atoms with Gasteiger partial charge in [-0.25, -0.2) is 9.18 Å². The van der Waals surface area contributed by atoms with Crippen molar-refractivity contribution in [3.8, 4) is 5.75 Å². The summed E-state index contributed by atoms with van der Waals surface area (Å²) in [5.41, 5.74) is 2.04. The molecule has 2 aromatic rings. The van der Waals surface area contributed by atoms with Gasteiger partial charge >= 0.3 is 5.97 Å². The third kappa shape index (κ3) is 4.37. The Kier molecular flexibility index (Phi) is 5.69. The summed E-state index contributed by atoms with van der Waals surface area (Å²) in [6.07, 6.45) is 4.46. The minimum Gasteiger partial charge on any atom is -0.423 e. The van der Waals surface area contributed by atoms with E-state index in [1.807, 2.05) is 25.1 Å². The van der Waals surface area contributed by atoms with Crippen molar-refractivity contribution in [3.05, 3.63) is 65.0 Å². The molecule has 0 spiro atoms. The zero-order chi connectivity index (χ0) is 17.8. The zero-order valence-corrected chi connectivity index (χ0v) is 15.4. The van der Waals surface area contributed by atoms with Crippen LogP contribution in [0, 0.1) is 18.7 Å². The number of hydrogen-bond donors (Lipinski definition) is 0. The molecule has 2 aromatic carbocycles. The van der Waals surface area contributed by atoms with Gasteiger partial charge in [0.2, 0.25) is 0 Å². The minimum atomic E-state index is -0.657. The highest BCUT2D eigenvalue weighted by atomic mass is 28.1. The van der Waals surface area contributed by atoms with Gasteiger partial charge in [0.1, 0.15) is 11.6 Å². The molecule has 0 N–H and O–H groups in total. The molecule has 1 fully saturated rings. The number of halogens is 1. The standard InChI is InChI=1S/C21H22FO2Si/c1-14-2-9-18(10-3-14)24-21(23)19-11-8-17(12-20(19)22)16-6-4-15(13-25)5-7-16/h2-3,8-12,15-16H,4-7,13H2,1H3. The fourth-order valence-corrected chi connectivity index (χ4v) is 3.83. The van der Waals surface area contributed by atoms with Crippen molar-refractivity contribution in [2.24, 2.45) is 5.92 Å². The second kappa shape index (κ2) is 7.96. The topological polar surface area (TPSA) is 26.3 Å². The summed E-state index contributed by atoms with van der Waals surface area (Å²) in [6, 6.07) is 13.1. The summed E-state index contributed by atoms with van der Waals surface area (Å²) in [4.78, 5) is 12.2. The third-order valence-electron chi connectivity index (χ3n) is 5.05. The average molecular weight is 353 g/mol. The molecule has 1 aliphatic rings. The first-order valence-electron chi connectivity index (χ1n) is 8.79. The van der Waals surface area contributed by atoms with Crippen LogP contribution in [0.25, 0.3) is 0 Å². The molecule has 0 aromatic heterocycles. The van der Waals surface area contributed by atoms with Crippen molar-refractivity contribution in [2.75, 3.05) is 0 Å².